The third-order valence-electron chi connectivity index (χ3n) is 6.45. The Bertz CT molecular complexity index is 1020. The van der Waals surface area contributed by atoms with Gasteiger partial charge < -0.3 is 25.4 Å². The molecule has 31 heavy (non-hydrogen) atoms. The number of nitrogens with one attached hydrogen (secondary N) is 1. The standard InChI is InChI=1S/C24H37N7/c1-4-5-8-21-28-22-23(31(21)12-7-6-11-26-2)19-17-18(9-10-20(19)27-24(22)25)30-15-13-29(3)14-16-30/h9-10,17,26H,4-8,11-16H2,1-3H3,(H2,25,27). The molecule has 1 aliphatic rings. The number of rotatable bonds is 9. The molecule has 0 atom stereocenters. The summed E-state index contributed by atoms with van der Waals surface area (Å²) in [4.78, 5) is 14.6. The molecule has 0 aliphatic carbocycles. The number of anilines is 2. The quantitative estimate of drug-likeness (QED) is 0.515. The zero-order valence-corrected chi connectivity index (χ0v) is 19.3. The Morgan fingerprint density at radius 3 is 2.61 bits per heavy atom. The fraction of sp³-hybridized carbons (Fsp3) is 0.583. The van der Waals surface area contributed by atoms with Crippen molar-refractivity contribution < 1.29 is 0 Å². The number of unbranched alkanes of at least 4 members (excludes halogenated alkanes) is 2. The van der Waals surface area contributed by atoms with Gasteiger partial charge in [-0.05, 0) is 58.1 Å². The number of piperazine rings is 1. The lowest BCUT2D eigenvalue weighted by molar-refractivity contribution is 0.313. The van der Waals surface area contributed by atoms with Crippen molar-refractivity contribution in [3.63, 3.8) is 0 Å². The van der Waals surface area contributed by atoms with Crippen molar-refractivity contribution in [3.8, 4) is 0 Å². The molecule has 1 saturated heterocycles. The molecule has 168 valence electrons. The SMILES string of the molecule is CCCCc1nc2c(N)nc3ccc(N4CCN(C)CC4)cc3c2n1CCCCNC. The first-order valence-corrected chi connectivity index (χ1v) is 11.8. The molecule has 0 spiro atoms. The monoisotopic (exact) mass is 423 g/mol. The molecule has 0 radical (unpaired) electrons. The van der Waals surface area contributed by atoms with Crippen molar-refractivity contribution in [1.29, 1.82) is 0 Å². The average Bonchev–Trinajstić information content (AvgIpc) is 3.15. The number of pyridine rings is 1. The van der Waals surface area contributed by atoms with Crippen LogP contribution in [0.1, 0.15) is 38.4 Å². The molecule has 0 unspecified atom stereocenters. The molecule has 3 aromatic rings. The van der Waals surface area contributed by atoms with Crippen LogP contribution in [0.5, 0.6) is 0 Å². The van der Waals surface area contributed by atoms with Crippen LogP contribution in [0, 0.1) is 0 Å². The number of likely N-dealkylation sites (N-methyl/N-ethyl adjacent to an activating group) is 1. The molecule has 3 N–H and O–H groups in total. The highest BCUT2D eigenvalue weighted by Gasteiger charge is 2.19. The van der Waals surface area contributed by atoms with E-state index in [2.05, 4.69) is 51.9 Å². The highest BCUT2D eigenvalue weighted by molar-refractivity contribution is 6.07. The maximum atomic E-state index is 6.39. The number of nitrogen functional groups attached to an aromatic ring is 1. The molecule has 1 fully saturated rings. The van der Waals surface area contributed by atoms with Gasteiger partial charge in [-0.25, -0.2) is 9.97 Å². The summed E-state index contributed by atoms with van der Waals surface area (Å²) in [7, 11) is 4.21. The van der Waals surface area contributed by atoms with Gasteiger partial charge in [0.25, 0.3) is 0 Å². The van der Waals surface area contributed by atoms with Gasteiger partial charge in [0.15, 0.2) is 5.82 Å². The number of fused-ring (bicyclic) bond motifs is 3. The Balaban J connectivity index is 1.80. The molecule has 0 saturated carbocycles. The highest BCUT2D eigenvalue weighted by Crippen LogP contribution is 2.32. The number of nitrogens with two attached hydrogens (primary N) is 1. The van der Waals surface area contributed by atoms with Gasteiger partial charge in [0, 0.05) is 50.2 Å². The molecular weight excluding hydrogens is 386 g/mol. The fourth-order valence-electron chi connectivity index (χ4n) is 4.54. The molecule has 2 aromatic heterocycles. The minimum atomic E-state index is 0.543. The summed E-state index contributed by atoms with van der Waals surface area (Å²) in [6.07, 6.45) is 5.54. The van der Waals surface area contributed by atoms with Gasteiger partial charge in [0.05, 0.1) is 11.0 Å². The van der Waals surface area contributed by atoms with E-state index in [9.17, 15) is 0 Å². The lowest BCUT2D eigenvalue weighted by atomic mass is 10.1. The van der Waals surface area contributed by atoms with E-state index >= 15 is 0 Å². The minimum Gasteiger partial charge on any atom is -0.382 e. The minimum absolute atomic E-state index is 0.543. The Morgan fingerprint density at radius 1 is 1.06 bits per heavy atom. The third-order valence-corrected chi connectivity index (χ3v) is 6.45. The van der Waals surface area contributed by atoms with Crippen LogP contribution in [0.3, 0.4) is 0 Å². The van der Waals surface area contributed by atoms with E-state index < -0.39 is 0 Å². The fourth-order valence-corrected chi connectivity index (χ4v) is 4.54. The van der Waals surface area contributed by atoms with Gasteiger partial charge in [0.1, 0.15) is 11.3 Å². The zero-order chi connectivity index (χ0) is 21.8. The summed E-state index contributed by atoms with van der Waals surface area (Å²) in [6.45, 7) is 8.53. The van der Waals surface area contributed by atoms with Crippen molar-refractivity contribution in [1.82, 2.24) is 24.8 Å². The summed E-state index contributed by atoms with van der Waals surface area (Å²) in [5, 5.41) is 4.43. The second kappa shape index (κ2) is 9.83. The van der Waals surface area contributed by atoms with E-state index in [4.69, 9.17) is 15.7 Å². The first-order chi connectivity index (χ1) is 15.1. The summed E-state index contributed by atoms with van der Waals surface area (Å²) in [5.41, 5.74) is 10.6. The second-order valence-electron chi connectivity index (χ2n) is 8.78. The van der Waals surface area contributed by atoms with E-state index in [0.717, 1.165) is 93.7 Å². The van der Waals surface area contributed by atoms with E-state index in [1.807, 2.05) is 7.05 Å². The van der Waals surface area contributed by atoms with E-state index in [1.54, 1.807) is 0 Å². The van der Waals surface area contributed by atoms with Crippen LogP contribution >= 0.6 is 0 Å². The Morgan fingerprint density at radius 2 is 1.87 bits per heavy atom. The summed E-state index contributed by atoms with van der Waals surface area (Å²) in [5.74, 6) is 1.69. The maximum absolute atomic E-state index is 6.39. The van der Waals surface area contributed by atoms with Gasteiger partial charge in [-0.1, -0.05) is 13.3 Å². The average molecular weight is 424 g/mol. The van der Waals surface area contributed by atoms with Crippen molar-refractivity contribution in [2.75, 3.05) is 57.5 Å². The summed E-state index contributed by atoms with van der Waals surface area (Å²) < 4.78 is 2.43. The lowest BCUT2D eigenvalue weighted by Crippen LogP contribution is -2.44. The first kappa shape index (κ1) is 21.8. The number of aromatic nitrogens is 3. The Labute approximate surface area is 185 Å². The molecule has 0 bridgehead atoms. The Kier molecular flexibility index (Phi) is 6.92. The Hall–Kier alpha value is -2.38. The topological polar surface area (TPSA) is 75.2 Å². The van der Waals surface area contributed by atoms with Gasteiger partial charge in [-0.2, -0.15) is 0 Å². The normalized spacial score (nSPS) is 15.4. The molecule has 4 rings (SSSR count). The summed E-state index contributed by atoms with van der Waals surface area (Å²) in [6, 6.07) is 6.63. The molecule has 0 amide bonds. The van der Waals surface area contributed by atoms with Crippen molar-refractivity contribution in [3.05, 3.63) is 24.0 Å². The van der Waals surface area contributed by atoms with Crippen LogP contribution in [0.25, 0.3) is 21.9 Å². The molecule has 1 aliphatic heterocycles. The first-order valence-electron chi connectivity index (χ1n) is 11.8. The third kappa shape index (κ3) is 4.62. The van der Waals surface area contributed by atoms with Gasteiger partial charge in [-0.15, -0.1) is 0 Å². The van der Waals surface area contributed by atoms with Gasteiger partial charge >= 0.3 is 0 Å². The number of hydrogen-bond acceptors (Lipinski definition) is 6. The molecule has 1 aromatic carbocycles. The number of hydrogen-bond donors (Lipinski definition) is 2. The van der Waals surface area contributed by atoms with Crippen molar-refractivity contribution >= 4 is 33.4 Å². The van der Waals surface area contributed by atoms with E-state index in [0.29, 0.717) is 5.82 Å². The molecule has 3 heterocycles. The molecule has 7 heteroatoms. The summed E-state index contributed by atoms with van der Waals surface area (Å²) >= 11 is 0. The number of imidazole rings is 1. The van der Waals surface area contributed by atoms with Crippen molar-refractivity contribution in [2.24, 2.45) is 0 Å². The van der Waals surface area contributed by atoms with Crippen LogP contribution in [-0.2, 0) is 13.0 Å². The number of benzene rings is 1. The molecule has 7 nitrogen and oxygen atoms in total. The molecular formula is C24H37N7. The smallest absolute Gasteiger partial charge is 0.152 e. The predicted octanol–water partition coefficient (Wildman–Crippen LogP) is 3.26. The number of nitrogens with zero attached hydrogens (tertiary/aromatic N) is 5. The van der Waals surface area contributed by atoms with Crippen LogP contribution < -0.4 is 16.0 Å². The van der Waals surface area contributed by atoms with E-state index in [1.165, 1.54) is 11.1 Å². The number of aryl methyl sites for hydroxylation is 2. The van der Waals surface area contributed by atoms with Crippen LogP contribution in [0.2, 0.25) is 0 Å². The van der Waals surface area contributed by atoms with Crippen LogP contribution in [0.4, 0.5) is 11.5 Å². The maximum Gasteiger partial charge on any atom is 0.152 e. The zero-order valence-electron chi connectivity index (χ0n) is 19.3. The lowest BCUT2D eigenvalue weighted by Gasteiger charge is -2.34. The van der Waals surface area contributed by atoms with Crippen molar-refractivity contribution in [2.45, 2.75) is 45.6 Å². The predicted molar refractivity (Wildman–Crippen MR) is 131 cm³/mol. The van der Waals surface area contributed by atoms with Gasteiger partial charge in [0.2, 0.25) is 0 Å². The van der Waals surface area contributed by atoms with Crippen LogP contribution in [0.15, 0.2) is 18.2 Å². The highest BCUT2D eigenvalue weighted by atomic mass is 15.2. The largest absolute Gasteiger partial charge is 0.382 e. The van der Waals surface area contributed by atoms with Gasteiger partial charge in [-0.3, -0.25) is 0 Å². The van der Waals surface area contributed by atoms with E-state index in [-0.39, 0.29) is 0 Å². The van der Waals surface area contributed by atoms with Crippen LogP contribution in [-0.4, -0.2) is 66.3 Å². The second-order valence-corrected chi connectivity index (χ2v) is 8.78.